The zero-order chi connectivity index (χ0) is 15.6. The third-order valence-electron chi connectivity index (χ3n) is 4.77. The van der Waals surface area contributed by atoms with E-state index < -0.39 is 0 Å². The van der Waals surface area contributed by atoms with Crippen molar-refractivity contribution >= 4 is 22.3 Å². The van der Waals surface area contributed by atoms with E-state index in [0.29, 0.717) is 0 Å². The van der Waals surface area contributed by atoms with Gasteiger partial charge in [0.15, 0.2) is 0 Å². The van der Waals surface area contributed by atoms with Gasteiger partial charge in [-0.15, -0.1) is 0 Å². The molecule has 0 saturated heterocycles. The first-order valence-electron chi connectivity index (χ1n) is 8.34. The molecule has 0 bridgehead atoms. The summed E-state index contributed by atoms with van der Waals surface area (Å²) in [6.45, 7) is 5.23. The second-order valence-electron chi connectivity index (χ2n) is 6.45. The third-order valence-corrected chi connectivity index (χ3v) is 4.77. The van der Waals surface area contributed by atoms with Crippen LogP contribution in [0.3, 0.4) is 0 Å². The number of benzene rings is 1. The van der Waals surface area contributed by atoms with Crippen molar-refractivity contribution < 1.29 is 0 Å². The normalized spacial score (nSPS) is 15.3. The number of hydrogen-bond donors (Lipinski definition) is 2. The van der Waals surface area contributed by atoms with E-state index in [1.165, 1.54) is 31.1 Å². The smallest absolute Gasteiger partial charge is 0.0770 e. The van der Waals surface area contributed by atoms with Crippen molar-refractivity contribution in [3.8, 4) is 0 Å². The second-order valence-corrected chi connectivity index (χ2v) is 6.45. The minimum atomic E-state index is 0.791. The van der Waals surface area contributed by atoms with Gasteiger partial charge in [-0.05, 0) is 30.9 Å². The standard InChI is InChI=1S/C19H22N4/c1-14(17-7-4-8-19-18(17)9-10-20-19)22-16-11-21-23(13-16)12-15-5-2-3-6-15/h4,7-11,13,15,20,22H,1-3,5-6,12H2. The van der Waals surface area contributed by atoms with Gasteiger partial charge in [-0.3, -0.25) is 4.68 Å². The summed E-state index contributed by atoms with van der Waals surface area (Å²) in [7, 11) is 0. The topological polar surface area (TPSA) is 45.6 Å². The highest BCUT2D eigenvalue weighted by Crippen LogP contribution is 2.27. The lowest BCUT2D eigenvalue weighted by molar-refractivity contribution is 0.429. The summed E-state index contributed by atoms with van der Waals surface area (Å²) in [5, 5.41) is 9.06. The molecular formula is C19H22N4. The van der Waals surface area contributed by atoms with Crippen LogP contribution in [0.5, 0.6) is 0 Å². The van der Waals surface area contributed by atoms with Crippen molar-refractivity contribution in [2.75, 3.05) is 5.32 Å². The number of H-pyrrole nitrogens is 1. The maximum absolute atomic E-state index is 4.49. The van der Waals surface area contributed by atoms with E-state index in [4.69, 9.17) is 0 Å². The van der Waals surface area contributed by atoms with Crippen LogP contribution in [-0.2, 0) is 6.54 Å². The molecule has 0 amide bonds. The van der Waals surface area contributed by atoms with Crippen molar-refractivity contribution in [2.24, 2.45) is 5.92 Å². The Morgan fingerprint density at radius 1 is 1.30 bits per heavy atom. The number of aromatic amines is 1. The number of nitrogens with zero attached hydrogens (tertiary/aromatic N) is 2. The van der Waals surface area contributed by atoms with Crippen LogP contribution in [0.2, 0.25) is 0 Å². The Bertz CT molecular complexity index is 821. The maximum Gasteiger partial charge on any atom is 0.0770 e. The first-order chi connectivity index (χ1) is 11.3. The van der Waals surface area contributed by atoms with E-state index in [9.17, 15) is 0 Å². The molecule has 4 rings (SSSR count). The van der Waals surface area contributed by atoms with Gasteiger partial charge in [0.1, 0.15) is 0 Å². The molecule has 0 unspecified atom stereocenters. The zero-order valence-electron chi connectivity index (χ0n) is 13.3. The van der Waals surface area contributed by atoms with Gasteiger partial charge in [0, 0.05) is 41.1 Å². The average Bonchev–Trinajstić information content (AvgIpc) is 3.28. The first kappa shape index (κ1) is 14.1. The molecule has 0 aliphatic heterocycles. The van der Waals surface area contributed by atoms with Crippen LogP contribution in [0, 0.1) is 5.92 Å². The zero-order valence-corrected chi connectivity index (χ0v) is 13.3. The third kappa shape index (κ3) is 2.89. The highest BCUT2D eigenvalue weighted by molar-refractivity contribution is 5.94. The number of fused-ring (bicyclic) bond motifs is 1. The second kappa shape index (κ2) is 5.95. The Morgan fingerprint density at radius 2 is 2.17 bits per heavy atom. The molecule has 2 N–H and O–H groups in total. The van der Waals surface area contributed by atoms with Crippen molar-refractivity contribution in [3.05, 3.63) is 55.0 Å². The van der Waals surface area contributed by atoms with E-state index in [0.717, 1.165) is 34.9 Å². The van der Waals surface area contributed by atoms with Crippen LogP contribution in [0.1, 0.15) is 31.2 Å². The fraction of sp³-hybridized carbons (Fsp3) is 0.316. The highest BCUT2D eigenvalue weighted by Gasteiger charge is 2.16. The number of nitrogens with one attached hydrogen (secondary N) is 2. The minimum Gasteiger partial charge on any atom is -0.361 e. The summed E-state index contributed by atoms with van der Waals surface area (Å²) >= 11 is 0. The molecule has 23 heavy (non-hydrogen) atoms. The van der Waals surface area contributed by atoms with Crippen LogP contribution < -0.4 is 5.32 Å². The molecule has 118 valence electrons. The Kier molecular flexibility index (Phi) is 3.66. The number of aromatic nitrogens is 3. The average molecular weight is 306 g/mol. The molecule has 1 fully saturated rings. The van der Waals surface area contributed by atoms with Crippen LogP contribution in [0.4, 0.5) is 5.69 Å². The molecule has 3 aromatic rings. The Labute approximate surface area is 136 Å². The quantitative estimate of drug-likeness (QED) is 0.721. The van der Waals surface area contributed by atoms with Crippen molar-refractivity contribution in [3.63, 3.8) is 0 Å². The van der Waals surface area contributed by atoms with E-state index in [-0.39, 0.29) is 0 Å². The highest BCUT2D eigenvalue weighted by atomic mass is 15.3. The monoisotopic (exact) mass is 306 g/mol. The van der Waals surface area contributed by atoms with Gasteiger partial charge in [0.25, 0.3) is 0 Å². The van der Waals surface area contributed by atoms with Gasteiger partial charge in [-0.1, -0.05) is 31.6 Å². The van der Waals surface area contributed by atoms with Crippen molar-refractivity contribution in [1.29, 1.82) is 0 Å². The number of hydrogen-bond acceptors (Lipinski definition) is 2. The summed E-state index contributed by atoms with van der Waals surface area (Å²) in [6, 6.07) is 8.30. The summed E-state index contributed by atoms with van der Waals surface area (Å²) < 4.78 is 2.06. The molecule has 0 atom stereocenters. The van der Waals surface area contributed by atoms with E-state index in [1.807, 2.05) is 18.5 Å². The summed E-state index contributed by atoms with van der Waals surface area (Å²) in [5.41, 5.74) is 4.14. The van der Waals surface area contributed by atoms with Crippen LogP contribution in [0.15, 0.2) is 49.4 Å². The van der Waals surface area contributed by atoms with Gasteiger partial charge in [-0.25, -0.2) is 0 Å². The predicted molar refractivity (Wildman–Crippen MR) is 95.1 cm³/mol. The lowest BCUT2D eigenvalue weighted by atomic mass is 10.1. The Hall–Kier alpha value is -2.49. The van der Waals surface area contributed by atoms with E-state index >= 15 is 0 Å². The Balaban J connectivity index is 1.48. The molecule has 2 aromatic heterocycles. The number of rotatable bonds is 5. The SMILES string of the molecule is C=C(Nc1cnn(CC2CCCC2)c1)c1cccc2[nH]ccc12. The van der Waals surface area contributed by atoms with Crippen LogP contribution in [-0.4, -0.2) is 14.8 Å². The van der Waals surface area contributed by atoms with Gasteiger partial charge in [0.05, 0.1) is 11.9 Å². The van der Waals surface area contributed by atoms with Gasteiger partial charge >= 0.3 is 0 Å². The van der Waals surface area contributed by atoms with Crippen LogP contribution >= 0.6 is 0 Å². The molecule has 1 saturated carbocycles. The van der Waals surface area contributed by atoms with Gasteiger partial charge in [0.2, 0.25) is 0 Å². The number of anilines is 1. The summed E-state index contributed by atoms with van der Waals surface area (Å²) in [6.07, 6.45) is 11.3. The van der Waals surface area contributed by atoms with Gasteiger partial charge < -0.3 is 10.3 Å². The van der Waals surface area contributed by atoms with Crippen molar-refractivity contribution in [1.82, 2.24) is 14.8 Å². The lowest BCUT2D eigenvalue weighted by Gasteiger charge is -2.10. The maximum atomic E-state index is 4.49. The first-order valence-corrected chi connectivity index (χ1v) is 8.34. The lowest BCUT2D eigenvalue weighted by Crippen LogP contribution is -2.07. The largest absolute Gasteiger partial charge is 0.361 e. The van der Waals surface area contributed by atoms with Gasteiger partial charge in [-0.2, -0.15) is 5.10 Å². The molecule has 0 spiro atoms. The van der Waals surface area contributed by atoms with Crippen LogP contribution in [0.25, 0.3) is 16.6 Å². The minimum absolute atomic E-state index is 0.791. The Morgan fingerprint density at radius 3 is 3.04 bits per heavy atom. The summed E-state index contributed by atoms with van der Waals surface area (Å²) in [4.78, 5) is 3.24. The molecule has 2 heterocycles. The molecule has 1 aliphatic rings. The molecule has 1 aromatic carbocycles. The molecule has 1 aliphatic carbocycles. The fourth-order valence-corrected chi connectivity index (χ4v) is 3.58. The summed E-state index contributed by atoms with van der Waals surface area (Å²) in [5.74, 6) is 0.791. The molecule has 4 heteroatoms. The van der Waals surface area contributed by atoms with Crippen molar-refractivity contribution in [2.45, 2.75) is 32.2 Å². The molecule has 4 nitrogen and oxygen atoms in total. The van der Waals surface area contributed by atoms with E-state index in [2.05, 4.69) is 51.1 Å². The molecule has 0 radical (unpaired) electrons. The fourth-order valence-electron chi connectivity index (χ4n) is 3.58. The van der Waals surface area contributed by atoms with E-state index in [1.54, 1.807) is 0 Å². The predicted octanol–water partition coefficient (Wildman–Crippen LogP) is 4.64. The molecular weight excluding hydrogens is 284 g/mol.